The first-order chi connectivity index (χ1) is 7.25. The highest BCUT2D eigenvalue weighted by Gasteiger charge is 1.99. The molecule has 2 aromatic rings. The Morgan fingerprint density at radius 3 is 3.07 bits per heavy atom. The van der Waals surface area contributed by atoms with Crippen molar-refractivity contribution in [3.05, 3.63) is 44.8 Å². The zero-order valence-corrected chi connectivity index (χ0v) is 10.7. The van der Waals surface area contributed by atoms with Crippen molar-refractivity contribution in [2.75, 3.05) is 5.32 Å². The van der Waals surface area contributed by atoms with Gasteiger partial charge in [0.1, 0.15) is 0 Å². The van der Waals surface area contributed by atoms with Crippen LogP contribution < -0.4 is 5.32 Å². The van der Waals surface area contributed by atoms with Crippen molar-refractivity contribution in [2.24, 2.45) is 0 Å². The number of halogens is 1. The van der Waals surface area contributed by atoms with Gasteiger partial charge in [-0.2, -0.15) is 0 Å². The maximum Gasteiger partial charge on any atom is 0.0701 e. The lowest BCUT2D eigenvalue weighted by atomic mass is 10.2. The molecule has 4 heteroatoms. The second-order valence-electron chi connectivity index (χ2n) is 3.30. The van der Waals surface area contributed by atoms with Crippen LogP contribution in [0.2, 0.25) is 0 Å². The van der Waals surface area contributed by atoms with Gasteiger partial charge >= 0.3 is 0 Å². The van der Waals surface area contributed by atoms with E-state index in [1.54, 1.807) is 11.3 Å². The monoisotopic (exact) mass is 282 g/mol. The van der Waals surface area contributed by atoms with Crippen molar-refractivity contribution < 1.29 is 0 Å². The Kier molecular flexibility index (Phi) is 3.38. The maximum absolute atomic E-state index is 4.09. The molecule has 0 aliphatic rings. The number of anilines is 1. The van der Waals surface area contributed by atoms with Gasteiger partial charge in [-0.25, -0.2) is 0 Å². The molecule has 1 N–H and O–H groups in total. The number of hydrogen-bond acceptors (Lipinski definition) is 3. The van der Waals surface area contributed by atoms with Gasteiger partial charge in [-0.05, 0) is 51.5 Å². The Morgan fingerprint density at radius 2 is 2.40 bits per heavy atom. The highest BCUT2D eigenvalue weighted by atomic mass is 79.9. The Bertz CT molecular complexity index is 453. The molecule has 0 bridgehead atoms. The number of aryl methyl sites for hydroxylation is 1. The van der Waals surface area contributed by atoms with E-state index in [1.807, 2.05) is 18.5 Å². The van der Waals surface area contributed by atoms with Crippen LogP contribution in [0, 0.1) is 6.92 Å². The van der Waals surface area contributed by atoms with Crippen molar-refractivity contribution >= 4 is 33.0 Å². The van der Waals surface area contributed by atoms with Gasteiger partial charge in [-0.3, -0.25) is 4.98 Å². The van der Waals surface area contributed by atoms with Crippen molar-refractivity contribution in [1.29, 1.82) is 0 Å². The van der Waals surface area contributed by atoms with E-state index in [0.717, 1.165) is 12.2 Å². The second-order valence-corrected chi connectivity index (χ2v) is 5.59. The topological polar surface area (TPSA) is 24.9 Å². The van der Waals surface area contributed by atoms with Crippen LogP contribution in [0.25, 0.3) is 0 Å². The Balaban J connectivity index is 2.02. The quantitative estimate of drug-likeness (QED) is 0.926. The third kappa shape index (κ3) is 2.79. The third-order valence-electron chi connectivity index (χ3n) is 2.14. The Hall–Kier alpha value is -0.870. The molecule has 0 amide bonds. The molecule has 0 saturated heterocycles. The van der Waals surface area contributed by atoms with E-state index < -0.39 is 0 Å². The van der Waals surface area contributed by atoms with Crippen LogP contribution in [0.5, 0.6) is 0 Å². The molecule has 2 nitrogen and oxygen atoms in total. The average Bonchev–Trinajstić information content (AvgIpc) is 2.63. The number of aromatic nitrogens is 1. The molecule has 0 radical (unpaired) electrons. The fourth-order valence-corrected chi connectivity index (χ4v) is 2.49. The minimum Gasteiger partial charge on any atom is -0.379 e. The molecule has 2 rings (SSSR count). The van der Waals surface area contributed by atoms with Crippen LogP contribution in [0.3, 0.4) is 0 Å². The van der Waals surface area contributed by atoms with Crippen molar-refractivity contribution in [1.82, 2.24) is 4.98 Å². The van der Waals surface area contributed by atoms with E-state index in [2.05, 4.69) is 44.6 Å². The third-order valence-corrected chi connectivity index (χ3v) is 3.70. The lowest BCUT2D eigenvalue weighted by molar-refractivity contribution is 1.13. The van der Waals surface area contributed by atoms with Crippen LogP contribution in [0.4, 0.5) is 5.69 Å². The predicted octanol–water partition coefficient (Wildman–Crippen LogP) is 3.83. The van der Waals surface area contributed by atoms with E-state index in [9.17, 15) is 0 Å². The molecular weight excluding hydrogens is 272 g/mol. The van der Waals surface area contributed by atoms with Gasteiger partial charge in [0.2, 0.25) is 0 Å². The molecule has 2 heterocycles. The van der Waals surface area contributed by atoms with Gasteiger partial charge < -0.3 is 5.32 Å². The SMILES string of the molecule is Cc1ccncc1NCc1csc(Br)c1. The second kappa shape index (κ2) is 4.77. The smallest absolute Gasteiger partial charge is 0.0701 e. The zero-order chi connectivity index (χ0) is 10.7. The lowest BCUT2D eigenvalue weighted by Crippen LogP contribution is -2.00. The summed E-state index contributed by atoms with van der Waals surface area (Å²) in [5.74, 6) is 0. The first-order valence-corrected chi connectivity index (χ1v) is 6.30. The maximum atomic E-state index is 4.09. The summed E-state index contributed by atoms with van der Waals surface area (Å²) in [6.45, 7) is 2.92. The number of thiophene rings is 1. The fourth-order valence-electron chi connectivity index (χ4n) is 1.28. The highest BCUT2D eigenvalue weighted by molar-refractivity contribution is 9.11. The molecule has 15 heavy (non-hydrogen) atoms. The van der Waals surface area contributed by atoms with Gasteiger partial charge in [0.15, 0.2) is 0 Å². The van der Waals surface area contributed by atoms with Crippen molar-refractivity contribution in [2.45, 2.75) is 13.5 Å². The normalized spacial score (nSPS) is 10.3. The summed E-state index contributed by atoms with van der Waals surface area (Å²) in [4.78, 5) is 4.09. The average molecular weight is 283 g/mol. The molecule has 0 aliphatic carbocycles. The highest BCUT2D eigenvalue weighted by Crippen LogP contribution is 2.21. The van der Waals surface area contributed by atoms with Crippen LogP contribution in [0.15, 0.2) is 33.7 Å². The summed E-state index contributed by atoms with van der Waals surface area (Å²) >= 11 is 5.16. The van der Waals surface area contributed by atoms with Crippen LogP contribution in [0.1, 0.15) is 11.1 Å². The first kappa shape index (κ1) is 10.6. The lowest BCUT2D eigenvalue weighted by Gasteiger charge is -2.06. The molecule has 0 atom stereocenters. The van der Waals surface area contributed by atoms with E-state index >= 15 is 0 Å². The van der Waals surface area contributed by atoms with Crippen molar-refractivity contribution in [3.8, 4) is 0 Å². The summed E-state index contributed by atoms with van der Waals surface area (Å²) in [6.07, 6.45) is 3.67. The summed E-state index contributed by atoms with van der Waals surface area (Å²) in [5, 5.41) is 5.51. The minimum absolute atomic E-state index is 0.842. The number of pyridine rings is 1. The summed E-state index contributed by atoms with van der Waals surface area (Å²) in [5.41, 5.74) is 3.61. The van der Waals surface area contributed by atoms with E-state index in [1.165, 1.54) is 14.9 Å². The molecule has 0 saturated carbocycles. The Labute approximate surface area is 101 Å². The van der Waals surface area contributed by atoms with Gasteiger partial charge in [0.05, 0.1) is 15.7 Å². The largest absolute Gasteiger partial charge is 0.379 e. The summed E-state index contributed by atoms with van der Waals surface area (Å²) in [7, 11) is 0. The number of nitrogens with zero attached hydrogens (tertiary/aromatic N) is 1. The standard InChI is InChI=1S/C11H11BrN2S/c1-8-2-3-13-6-10(8)14-5-9-4-11(12)15-7-9/h2-4,6-7,14H,5H2,1H3. The molecule has 78 valence electrons. The molecule has 0 unspecified atom stereocenters. The first-order valence-electron chi connectivity index (χ1n) is 4.63. The van der Waals surface area contributed by atoms with Crippen molar-refractivity contribution in [3.63, 3.8) is 0 Å². The number of nitrogens with one attached hydrogen (secondary N) is 1. The van der Waals surface area contributed by atoms with E-state index in [4.69, 9.17) is 0 Å². The van der Waals surface area contributed by atoms with Crippen LogP contribution >= 0.6 is 27.3 Å². The van der Waals surface area contributed by atoms with Gasteiger partial charge in [-0.15, -0.1) is 11.3 Å². The number of rotatable bonds is 3. The molecule has 2 aromatic heterocycles. The van der Waals surface area contributed by atoms with E-state index in [0.29, 0.717) is 0 Å². The van der Waals surface area contributed by atoms with Gasteiger partial charge in [-0.1, -0.05) is 0 Å². The minimum atomic E-state index is 0.842. The van der Waals surface area contributed by atoms with Gasteiger partial charge in [0.25, 0.3) is 0 Å². The molecular formula is C11H11BrN2S. The van der Waals surface area contributed by atoms with Crippen LogP contribution in [-0.4, -0.2) is 4.98 Å². The fraction of sp³-hybridized carbons (Fsp3) is 0.182. The number of hydrogen-bond donors (Lipinski definition) is 1. The molecule has 0 aromatic carbocycles. The van der Waals surface area contributed by atoms with Gasteiger partial charge in [0, 0.05) is 12.7 Å². The Morgan fingerprint density at radius 1 is 1.53 bits per heavy atom. The van der Waals surface area contributed by atoms with Crippen LogP contribution in [-0.2, 0) is 6.54 Å². The molecule has 0 fully saturated rings. The zero-order valence-electron chi connectivity index (χ0n) is 8.33. The van der Waals surface area contributed by atoms with E-state index in [-0.39, 0.29) is 0 Å². The molecule has 0 spiro atoms. The summed E-state index contributed by atoms with van der Waals surface area (Å²) < 4.78 is 1.17. The molecule has 0 aliphatic heterocycles. The summed E-state index contributed by atoms with van der Waals surface area (Å²) in [6, 6.07) is 4.13. The predicted molar refractivity (Wildman–Crippen MR) is 68.3 cm³/mol.